The molecule has 0 spiro atoms. The smallest absolute Gasteiger partial charge is 0.265 e. The Morgan fingerprint density at radius 1 is 1.38 bits per heavy atom. The topological polar surface area (TPSA) is 60.9 Å². The molecule has 1 amide bonds. The first-order chi connectivity index (χ1) is 10.1. The van der Waals surface area contributed by atoms with Crippen molar-refractivity contribution >= 4 is 16.8 Å². The van der Waals surface area contributed by atoms with Gasteiger partial charge in [-0.15, -0.1) is 0 Å². The number of carbonyl (C=O) groups is 1. The highest BCUT2D eigenvalue weighted by Crippen LogP contribution is 2.33. The Bertz CT molecular complexity index is 630. The van der Waals surface area contributed by atoms with E-state index >= 15 is 0 Å². The molecule has 4 nitrogen and oxygen atoms in total. The van der Waals surface area contributed by atoms with Crippen LogP contribution in [0.5, 0.6) is 0 Å². The van der Waals surface area contributed by atoms with Crippen molar-refractivity contribution in [2.45, 2.75) is 51.9 Å². The SMILES string of the molecule is CCCCCCC(C)c1c(C(N)=O)n(C)c2ccncc12. The van der Waals surface area contributed by atoms with E-state index in [2.05, 4.69) is 18.8 Å². The van der Waals surface area contributed by atoms with Crippen LogP contribution < -0.4 is 5.73 Å². The number of nitrogens with zero attached hydrogens (tertiary/aromatic N) is 2. The van der Waals surface area contributed by atoms with Crippen LogP contribution in [0.2, 0.25) is 0 Å². The van der Waals surface area contributed by atoms with Gasteiger partial charge in [-0.3, -0.25) is 9.78 Å². The maximum Gasteiger partial charge on any atom is 0.265 e. The Labute approximate surface area is 126 Å². The molecule has 0 aliphatic carbocycles. The number of nitrogens with two attached hydrogens (primary N) is 1. The Morgan fingerprint density at radius 3 is 2.81 bits per heavy atom. The van der Waals surface area contributed by atoms with Crippen LogP contribution in [0.25, 0.3) is 10.9 Å². The monoisotopic (exact) mass is 287 g/mol. The second-order valence-corrected chi connectivity index (χ2v) is 5.83. The largest absolute Gasteiger partial charge is 0.364 e. The fourth-order valence-electron chi connectivity index (χ4n) is 3.13. The van der Waals surface area contributed by atoms with E-state index in [0.29, 0.717) is 11.6 Å². The lowest BCUT2D eigenvalue weighted by molar-refractivity contribution is 0.0991. The summed E-state index contributed by atoms with van der Waals surface area (Å²) in [6.45, 7) is 4.39. The third-order valence-corrected chi connectivity index (χ3v) is 4.26. The number of carbonyl (C=O) groups excluding carboxylic acids is 1. The van der Waals surface area contributed by atoms with Crippen molar-refractivity contribution in [2.75, 3.05) is 0 Å². The third kappa shape index (κ3) is 3.09. The number of primary amides is 1. The second-order valence-electron chi connectivity index (χ2n) is 5.83. The summed E-state index contributed by atoms with van der Waals surface area (Å²) in [5.41, 5.74) is 8.32. The average Bonchev–Trinajstić information content (AvgIpc) is 2.77. The molecule has 0 saturated carbocycles. The summed E-state index contributed by atoms with van der Waals surface area (Å²) >= 11 is 0. The molecule has 0 fully saturated rings. The first-order valence-corrected chi connectivity index (χ1v) is 7.80. The number of hydrogen-bond acceptors (Lipinski definition) is 2. The minimum atomic E-state index is -0.357. The minimum Gasteiger partial charge on any atom is -0.364 e. The minimum absolute atomic E-state index is 0.317. The molecule has 2 aromatic rings. The molecule has 1 atom stereocenters. The van der Waals surface area contributed by atoms with Crippen LogP contribution in [0, 0.1) is 0 Å². The van der Waals surface area contributed by atoms with E-state index in [0.717, 1.165) is 22.9 Å². The summed E-state index contributed by atoms with van der Waals surface area (Å²) in [6.07, 6.45) is 9.61. The van der Waals surface area contributed by atoms with E-state index < -0.39 is 0 Å². The van der Waals surface area contributed by atoms with Crippen LogP contribution in [0.15, 0.2) is 18.5 Å². The lowest BCUT2D eigenvalue weighted by atomic mass is 9.92. The third-order valence-electron chi connectivity index (χ3n) is 4.26. The van der Waals surface area contributed by atoms with Crippen LogP contribution in [-0.4, -0.2) is 15.5 Å². The molecule has 0 radical (unpaired) electrons. The average molecular weight is 287 g/mol. The van der Waals surface area contributed by atoms with Gasteiger partial charge in [-0.1, -0.05) is 39.5 Å². The molecular weight excluding hydrogens is 262 g/mol. The molecule has 2 rings (SSSR count). The first-order valence-electron chi connectivity index (χ1n) is 7.80. The van der Waals surface area contributed by atoms with Gasteiger partial charge in [-0.05, 0) is 24.0 Å². The maximum absolute atomic E-state index is 11.9. The zero-order chi connectivity index (χ0) is 15.4. The molecule has 2 N–H and O–H groups in total. The van der Waals surface area contributed by atoms with Crippen LogP contribution in [-0.2, 0) is 7.05 Å². The van der Waals surface area contributed by atoms with Gasteiger partial charge in [0.05, 0.1) is 5.52 Å². The quantitative estimate of drug-likeness (QED) is 0.788. The highest BCUT2D eigenvalue weighted by atomic mass is 16.1. The van der Waals surface area contributed by atoms with Gasteiger partial charge >= 0.3 is 0 Å². The number of unbranched alkanes of at least 4 members (excludes halogenated alkanes) is 3. The zero-order valence-corrected chi connectivity index (χ0v) is 13.2. The number of amides is 1. The fraction of sp³-hybridized carbons (Fsp3) is 0.529. The second kappa shape index (κ2) is 6.74. The molecule has 0 aromatic carbocycles. The van der Waals surface area contributed by atoms with E-state index in [1.54, 1.807) is 6.20 Å². The van der Waals surface area contributed by atoms with Gasteiger partial charge in [0.1, 0.15) is 5.69 Å². The fourth-order valence-corrected chi connectivity index (χ4v) is 3.13. The Morgan fingerprint density at radius 2 is 2.14 bits per heavy atom. The van der Waals surface area contributed by atoms with E-state index in [4.69, 9.17) is 5.73 Å². The standard InChI is InChI=1S/C17H25N3O/c1-4-5-6-7-8-12(2)15-13-11-19-10-9-14(13)20(3)16(15)17(18)21/h9-12H,4-8H2,1-3H3,(H2,18,21). The number of aryl methyl sites for hydroxylation is 1. The Hall–Kier alpha value is -1.84. The molecule has 0 aliphatic rings. The van der Waals surface area contributed by atoms with Crippen LogP contribution in [0.4, 0.5) is 0 Å². The Balaban J connectivity index is 2.37. The van der Waals surface area contributed by atoms with Crippen molar-refractivity contribution in [3.05, 3.63) is 29.7 Å². The van der Waals surface area contributed by atoms with Crippen LogP contribution >= 0.6 is 0 Å². The van der Waals surface area contributed by atoms with Gasteiger partial charge < -0.3 is 10.3 Å². The highest BCUT2D eigenvalue weighted by molar-refractivity contribution is 6.01. The molecule has 114 valence electrons. The zero-order valence-electron chi connectivity index (χ0n) is 13.2. The van der Waals surface area contributed by atoms with Crippen LogP contribution in [0.3, 0.4) is 0 Å². The maximum atomic E-state index is 11.9. The van der Waals surface area contributed by atoms with E-state index in [9.17, 15) is 4.79 Å². The van der Waals surface area contributed by atoms with Gasteiger partial charge in [0, 0.05) is 24.8 Å². The highest BCUT2D eigenvalue weighted by Gasteiger charge is 2.22. The van der Waals surface area contributed by atoms with Gasteiger partial charge in [0.15, 0.2) is 0 Å². The molecule has 0 aliphatic heterocycles. The summed E-state index contributed by atoms with van der Waals surface area (Å²) < 4.78 is 1.90. The summed E-state index contributed by atoms with van der Waals surface area (Å²) in [6, 6.07) is 1.94. The number of pyridine rings is 1. The van der Waals surface area contributed by atoms with Crippen LogP contribution in [0.1, 0.15) is 67.9 Å². The van der Waals surface area contributed by atoms with E-state index in [1.807, 2.05) is 23.9 Å². The van der Waals surface area contributed by atoms with Crippen molar-refractivity contribution in [2.24, 2.45) is 12.8 Å². The van der Waals surface area contributed by atoms with Crippen molar-refractivity contribution in [3.8, 4) is 0 Å². The van der Waals surface area contributed by atoms with Crippen molar-refractivity contribution in [1.29, 1.82) is 0 Å². The van der Waals surface area contributed by atoms with E-state index in [1.165, 1.54) is 25.7 Å². The first kappa shape index (κ1) is 15.5. The molecule has 0 saturated heterocycles. The van der Waals surface area contributed by atoms with Crippen molar-refractivity contribution in [3.63, 3.8) is 0 Å². The summed E-state index contributed by atoms with van der Waals surface area (Å²) in [4.78, 5) is 16.1. The molecule has 21 heavy (non-hydrogen) atoms. The van der Waals surface area contributed by atoms with Crippen molar-refractivity contribution in [1.82, 2.24) is 9.55 Å². The normalized spacial score (nSPS) is 12.7. The number of aromatic nitrogens is 2. The summed E-state index contributed by atoms with van der Waals surface area (Å²) in [7, 11) is 1.90. The summed E-state index contributed by atoms with van der Waals surface area (Å²) in [5, 5.41) is 1.05. The van der Waals surface area contributed by atoms with E-state index in [-0.39, 0.29) is 5.91 Å². The Kier molecular flexibility index (Phi) is 4.99. The molecule has 2 aromatic heterocycles. The molecule has 4 heteroatoms. The van der Waals surface area contributed by atoms with Gasteiger partial charge in [0.2, 0.25) is 0 Å². The van der Waals surface area contributed by atoms with Gasteiger partial charge in [-0.25, -0.2) is 0 Å². The molecular formula is C17H25N3O. The lowest BCUT2D eigenvalue weighted by Gasteiger charge is -2.13. The van der Waals surface area contributed by atoms with Gasteiger partial charge in [0.25, 0.3) is 5.91 Å². The summed E-state index contributed by atoms with van der Waals surface area (Å²) in [5.74, 6) is -0.0404. The lowest BCUT2D eigenvalue weighted by Crippen LogP contribution is -2.18. The molecule has 2 heterocycles. The predicted octanol–water partition coefficient (Wildman–Crippen LogP) is 3.75. The number of hydrogen-bond donors (Lipinski definition) is 1. The van der Waals surface area contributed by atoms with Crippen molar-refractivity contribution < 1.29 is 4.79 Å². The number of fused-ring (bicyclic) bond motifs is 1. The molecule has 1 unspecified atom stereocenters. The predicted molar refractivity (Wildman–Crippen MR) is 86.4 cm³/mol. The number of rotatable bonds is 7. The molecule has 0 bridgehead atoms. The van der Waals surface area contributed by atoms with Gasteiger partial charge in [-0.2, -0.15) is 0 Å².